The van der Waals surface area contributed by atoms with Gasteiger partial charge >= 0.3 is 89.5 Å². The van der Waals surface area contributed by atoms with E-state index in [0.29, 0.717) is 0 Å². The summed E-state index contributed by atoms with van der Waals surface area (Å²) in [6.45, 7) is 0. The monoisotopic (exact) mass is 882 g/mol. The van der Waals surface area contributed by atoms with Crippen LogP contribution >= 0.6 is 0 Å². The third-order valence-corrected chi connectivity index (χ3v) is 1.11. The molecule has 0 saturated carbocycles. The molecular weight excluding hydrogens is 880 g/mol. The number of hydrogen-bond acceptors (Lipinski definition) is 25. The number of rotatable bonds is 10. The van der Waals surface area contributed by atoms with Gasteiger partial charge in [-0.25, -0.2) is 0 Å². The maximum absolute atomic E-state index is 9.16. The Morgan fingerprint density at radius 1 is 0.179 bits per heavy atom. The Hall–Kier alpha value is 2.61. The van der Waals surface area contributed by atoms with Crippen LogP contribution in [-0.2, 0) is 112 Å². The Labute approximate surface area is 284 Å². The minimum atomic E-state index is -2.75. The molecule has 0 aliphatic heterocycles. The Kier molecular flexibility index (Phi) is 74.5. The molecule has 200 valence electrons. The van der Waals surface area contributed by atoms with Crippen molar-refractivity contribution in [1.82, 2.24) is 0 Å². The van der Waals surface area contributed by atoms with Crippen molar-refractivity contribution in [3.63, 3.8) is 0 Å². The van der Waals surface area contributed by atoms with Gasteiger partial charge < -0.3 is 123 Å². The van der Waals surface area contributed by atoms with E-state index in [-0.39, 0.29) is 89.5 Å². The van der Waals surface area contributed by atoms with Crippen molar-refractivity contribution in [2.24, 2.45) is 0 Å². The minimum absolute atomic E-state index is 0. The normalized spacial score (nSPS) is 7.69. The summed E-state index contributed by atoms with van der Waals surface area (Å²) in [5.74, 6) is 0. The molecule has 39 heavy (non-hydrogen) atoms. The molecule has 0 fully saturated rings. The Morgan fingerprint density at radius 3 is 0.231 bits per heavy atom. The van der Waals surface area contributed by atoms with E-state index in [1.807, 2.05) is 0 Å². The molecule has 0 spiro atoms. The summed E-state index contributed by atoms with van der Waals surface area (Å²) in [6.07, 6.45) is 0. The fraction of sp³-hybridized carbons (Fsp3) is 0. The molecule has 0 aromatic rings. The van der Waals surface area contributed by atoms with E-state index in [1.54, 1.807) is 0 Å². The molecule has 39 heteroatoms. The first-order valence-electron chi connectivity index (χ1n) is 7.07. The van der Waals surface area contributed by atoms with Crippen LogP contribution in [0.15, 0.2) is 0 Å². The van der Waals surface area contributed by atoms with Crippen LogP contribution in [0, 0.1) is 0 Å². The quantitative estimate of drug-likeness (QED) is 0.184. The molecule has 0 aromatic carbocycles. The van der Waals surface area contributed by atoms with E-state index in [4.69, 9.17) is 100 Å². The van der Waals surface area contributed by atoms with E-state index in [9.17, 15) is 0 Å². The van der Waals surface area contributed by atoms with Gasteiger partial charge in [-0.3, -0.25) is 0 Å². The fourth-order valence-electron chi connectivity index (χ4n) is 0.454. The molecule has 0 aliphatic rings. The molecule has 0 atom stereocenters. The van der Waals surface area contributed by atoms with Crippen LogP contribution in [0.1, 0.15) is 0 Å². The summed E-state index contributed by atoms with van der Waals surface area (Å²) in [4.78, 5) is 0. The van der Waals surface area contributed by atoms with Gasteiger partial charge in [0.05, 0.1) is 0 Å². The van der Waals surface area contributed by atoms with E-state index < -0.39 is 73.2 Å². The summed E-state index contributed by atoms with van der Waals surface area (Å²) in [5, 5.41) is 183. The van der Waals surface area contributed by atoms with Crippen molar-refractivity contribution in [2.45, 2.75) is 0 Å². The van der Waals surface area contributed by atoms with Crippen LogP contribution in [0.25, 0.3) is 0 Å². The van der Waals surface area contributed by atoms with Gasteiger partial charge in [-0.15, -0.1) is 0 Å². The molecule has 0 heterocycles. The molecule has 0 saturated heterocycles. The molecule has 0 unspecified atom stereocenters. The van der Waals surface area contributed by atoms with E-state index in [0.717, 1.165) is 0 Å². The SMILES string of the molecule is [Nb+5].[Nb+5].[Nb+5].[Nb+5].[O-]B([O-])OB([O-])[O-].[O-]B([O-])OB([O-])[O-].[O-]B([O-])OB([O-])[O-].[O-]B([O-])OB([O-])[O-].[O-]B([O-])OB([O-])[O-]. The van der Waals surface area contributed by atoms with E-state index in [2.05, 4.69) is 22.9 Å². The summed E-state index contributed by atoms with van der Waals surface area (Å²) >= 11 is 0. The fourth-order valence-corrected chi connectivity index (χ4v) is 0.454. The third kappa shape index (κ3) is 118. The van der Waals surface area contributed by atoms with Gasteiger partial charge in [-0.1, -0.05) is 0 Å². The van der Waals surface area contributed by atoms with Gasteiger partial charge in [0.1, 0.15) is 0 Å². The predicted molar refractivity (Wildman–Crippen MR) is 63.0 cm³/mol. The van der Waals surface area contributed by atoms with Crippen molar-refractivity contribution < 1.29 is 213 Å². The zero-order valence-corrected chi connectivity index (χ0v) is 26.6. The van der Waals surface area contributed by atoms with Crippen LogP contribution < -0.4 is 100 Å². The van der Waals surface area contributed by atoms with Crippen LogP contribution in [0.2, 0.25) is 0 Å². The molecular formula is B10Nb4O25. The van der Waals surface area contributed by atoms with Crippen LogP contribution in [-0.4, -0.2) is 73.2 Å². The number of hydrogen-bond donors (Lipinski definition) is 0. The average molecular weight is 880 g/mol. The Balaban J connectivity index is -0.0000000402. The van der Waals surface area contributed by atoms with Crippen molar-refractivity contribution >= 4 is 73.2 Å². The molecule has 0 aliphatic carbocycles. The van der Waals surface area contributed by atoms with Crippen molar-refractivity contribution in [1.29, 1.82) is 0 Å². The summed E-state index contributed by atoms with van der Waals surface area (Å²) < 4.78 is 15.1. The molecule has 0 bridgehead atoms. The van der Waals surface area contributed by atoms with Gasteiger partial charge in [0.25, 0.3) is 0 Å². The molecule has 0 aromatic heterocycles. The molecule has 0 amide bonds. The predicted octanol–water partition coefficient (Wildman–Crippen LogP) is -27.9. The smallest absolute Gasteiger partial charge is 0.872 e. The van der Waals surface area contributed by atoms with E-state index in [1.165, 1.54) is 0 Å². The second-order valence-corrected chi connectivity index (χ2v) is 3.57. The summed E-state index contributed by atoms with van der Waals surface area (Å²) in [6, 6.07) is 0. The average Bonchev–Trinajstić information content (AvgIpc) is 2.49. The van der Waals surface area contributed by atoms with Crippen molar-refractivity contribution in [2.75, 3.05) is 0 Å². The van der Waals surface area contributed by atoms with Gasteiger partial charge in [0.15, 0.2) is 0 Å². The van der Waals surface area contributed by atoms with Gasteiger partial charge in [0.2, 0.25) is 0 Å². The first kappa shape index (κ1) is 64.5. The van der Waals surface area contributed by atoms with Crippen LogP contribution in [0.5, 0.6) is 0 Å². The maximum atomic E-state index is 9.16. The van der Waals surface area contributed by atoms with Crippen molar-refractivity contribution in [3.8, 4) is 0 Å². The maximum Gasteiger partial charge on any atom is 5.00 e. The Bertz CT molecular complexity index is 277. The second-order valence-electron chi connectivity index (χ2n) is 3.57. The standard InChI is InChI=1S/5B2O5.4Nb/c5*3-1(4)7-2(5)6;;;;/q5*-4;4*+5. The third-order valence-electron chi connectivity index (χ3n) is 1.11. The molecule has 0 radical (unpaired) electrons. The van der Waals surface area contributed by atoms with E-state index >= 15 is 0 Å². The second kappa shape index (κ2) is 45.0. The van der Waals surface area contributed by atoms with Crippen LogP contribution in [0.4, 0.5) is 0 Å². The van der Waals surface area contributed by atoms with Gasteiger partial charge in [-0.05, 0) is 0 Å². The van der Waals surface area contributed by atoms with Crippen LogP contribution in [0.3, 0.4) is 0 Å². The zero-order chi connectivity index (χ0) is 29.3. The first-order valence-corrected chi connectivity index (χ1v) is 7.07. The molecule has 25 nitrogen and oxygen atoms in total. The molecule has 0 rings (SSSR count). The van der Waals surface area contributed by atoms with Gasteiger partial charge in [0, 0.05) is 73.2 Å². The first-order chi connectivity index (χ1) is 15.6. The molecule has 0 N–H and O–H groups in total. The minimum Gasteiger partial charge on any atom is -0.872 e. The van der Waals surface area contributed by atoms with Gasteiger partial charge in [-0.2, -0.15) is 0 Å². The summed E-state index contributed by atoms with van der Waals surface area (Å²) in [7, 11) is -27.5. The Morgan fingerprint density at radius 2 is 0.231 bits per heavy atom. The summed E-state index contributed by atoms with van der Waals surface area (Å²) in [5.41, 5.74) is 0. The largest absolute Gasteiger partial charge is 5.00 e. The van der Waals surface area contributed by atoms with Crippen molar-refractivity contribution in [3.05, 3.63) is 0 Å². The zero-order valence-electron chi connectivity index (χ0n) is 17.8. The topological polar surface area (TPSA) is 507 Å².